The standard InChI is InChI=1S/C24H32N2O4/c1-6-18(3)25-24(28)19(4)26(15-20-9-13-21(29-5)14-10-20)23(27)16-30-22-11-7-17(2)8-12-22/h7-14,18-19H,6,15-16H2,1-5H3,(H,25,28)/t18-,19+/m1/s1. The van der Waals surface area contributed by atoms with Crippen LogP contribution in [-0.4, -0.2) is 42.5 Å². The Morgan fingerprint density at radius 2 is 1.60 bits per heavy atom. The second kappa shape index (κ2) is 11.2. The molecule has 30 heavy (non-hydrogen) atoms. The van der Waals surface area contributed by atoms with Crippen LogP contribution in [0.15, 0.2) is 48.5 Å². The molecule has 0 aliphatic rings. The highest BCUT2D eigenvalue weighted by Gasteiger charge is 2.27. The number of ether oxygens (including phenoxy) is 2. The lowest BCUT2D eigenvalue weighted by Crippen LogP contribution is -2.50. The van der Waals surface area contributed by atoms with E-state index >= 15 is 0 Å². The number of carbonyl (C=O) groups excluding carboxylic acids is 2. The highest BCUT2D eigenvalue weighted by molar-refractivity contribution is 5.88. The summed E-state index contributed by atoms with van der Waals surface area (Å²) in [6.45, 7) is 7.84. The zero-order valence-corrected chi connectivity index (χ0v) is 18.5. The third kappa shape index (κ3) is 6.79. The summed E-state index contributed by atoms with van der Waals surface area (Å²) < 4.78 is 10.9. The number of benzene rings is 2. The number of amides is 2. The number of rotatable bonds is 10. The molecule has 0 heterocycles. The molecule has 2 aromatic carbocycles. The molecule has 0 spiro atoms. The molecular formula is C24H32N2O4. The summed E-state index contributed by atoms with van der Waals surface area (Å²) in [6.07, 6.45) is 0.821. The lowest BCUT2D eigenvalue weighted by molar-refractivity contribution is -0.142. The van der Waals surface area contributed by atoms with Gasteiger partial charge in [0.15, 0.2) is 6.61 Å². The van der Waals surface area contributed by atoms with Gasteiger partial charge in [-0.2, -0.15) is 0 Å². The summed E-state index contributed by atoms with van der Waals surface area (Å²) >= 11 is 0. The molecule has 0 bridgehead atoms. The van der Waals surface area contributed by atoms with Gasteiger partial charge in [0.25, 0.3) is 5.91 Å². The van der Waals surface area contributed by atoms with E-state index in [0.29, 0.717) is 12.3 Å². The molecule has 0 unspecified atom stereocenters. The van der Waals surface area contributed by atoms with Gasteiger partial charge in [0.2, 0.25) is 5.91 Å². The summed E-state index contributed by atoms with van der Waals surface area (Å²) in [5.74, 6) is 0.927. The molecule has 2 aromatic rings. The van der Waals surface area contributed by atoms with E-state index in [2.05, 4.69) is 5.32 Å². The third-order valence-electron chi connectivity index (χ3n) is 5.06. The number of methoxy groups -OCH3 is 1. The Kier molecular flexibility index (Phi) is 8.71. The van der Waals surface area contributed by atoms with Gasteiger partial charge in [-0.05, 0) is 57.0 Å². The first kappa shape index (κ1) is 23.3. The summed E-state index contributed by atoms with van der Waals surface area (Å²) in [7, 11) is 1.61. The molecule has 0 saturated carbocycles. The summed E-state index contributed by atoms with van der Waals surface area (Å²) in [4.78, 5) is 27.3. The summed E-state index contributed by atoms with van der Waals surface area (Å²) in [5, 5.41) is 2.96. The van der Waals surface area contributed by atoms with E-state index in [1.54, 1.807) is 18.9 Å². The Labute approximate surface area is 179 Å². The predicted molar refractivity (Wildman–Crippen MR) is 118 cm³/mol. The van der Waals surface area contributed by atoms with Crippen LogP contribution in [0.5, 0.6) is 11.5 Å². The predicted octanol–water partition coefficient (Wildman–Crippen LogP) is 3.71. The molecule has 0 radical (unpaired) electrons. The van der Waals surface area contributed by atoms with Crippen molar-refractivity contribution >= 4 is 11.8 Å². The Bertz CT molecular complexity index is 818. The van der Waals surface area contributed by atoms with Crippen molar-refractivity contribution in [3.8, 4) is 11.5 Å². The Hall–Kier alpha value is -3.02. The van der Waals surface area contributed by atoms with Gasteiger partial charge in [-0.3, -0.25) is 9.59 Å². The molecule has 0 fully saturated rings. The fraction of sp³-hybridized carbons (Fsp3) is 0.417. The molecule has 0 aliphatic carbocycles. The fourth-order valence-electron chi connectivity index (χ4n) is 2.84. The van der Waals surface area contributed by atoms with Gasteiger partial charge in [0.1, 0.15) is 17.5 Å². The van der Waals surface area contributed by atoms with Crippen LogP contribution in [0.2, 0.25) is 0 Å². The highest BCUT2D eigenvalue weighted by atomic mass is 16.5. The maximum Gasteiger partial charge on any atom is 0.261 e. The number of hydrogen-bond acceptors (Lipinski definition) is 4. The second-order valence-electron chi connectivity index (χ2n) is 7.47. The van der Waals surface area contributed by atoms with Crippen LogP contribution in [-0.2, 0) is 16.1 Å². The zero-order chi connectivity index (χ0) is 22.1. The average molecular weight is 413 g/mol. The van der Waals surface area contributed by atoms with E-state index in [1.807, 2.05) is 69.3 Å². The van der Waals surface area contributed by atoms with Crippen molar-refractivity contribution in [1.82, 2.24) is 10.2 Å². The van der Waals surface area contributed by atoms with Crippen molar-refractivity contribution in [3.05, 3.63) is 59.7 Å². The minimum atomic E-state index is -0.629. The Balaban J connectivity index is 2.14. The third-order valence-corrected chi connectivity index (χ3v) is 5.06. The Morgan fingerprint density at radius 3 is 2.17 bits per heavy atom. The molecule has 0 saturated heterocycles. The SMILES string of the molecule is CC[C@@H](C)NC(=O)[C@H](C)N(Cc1ccc(OC)cc1)C(=O)COc1ccc(C)cc1. The molecule has 2 rings (SSSR count). The molecule has 0 aromatic heterocycles. The van der Waals surface area contributed by atoms with E-state index in [0.717, 1.165) is 23.3 Å². The normalized spacial score (nSPS) is 12.6. The first-order chi connectivity index (χ1) is 14.3. The van der Waals surface area contributed by atoms with Crippen LogP contribution in [0.4, 0.5) is 0 Å². The maximum absolute atomic E-state index is 13.0. The number of carbonyl (C=O) groups is 2. The van der Waals surface area contributed by atoms with Crippen LogP contribution in [0.1, 0.15) is 38.3 Å². The molecule has 1 N–H and O–H groups in total. The van der Waals surface area contributed by atoms with Crippen LogP contribution < -0.4 is 14.8 Å². The molecule has 6 nitrogen and oxygen atoms in total. The van der Waals surface area contributed by atoms with E-state index < -0.39 is 6.04 Å². The van der Waals surface area contributed by atoms with E-state index in [1.165, 1.54) is 0 Å². The van der Waals surface area contributed by atoms with Crippen LogP contribution in [0, 0.1) is 6.92 Å². The number of aryl methyl sites for hydroxylation is 1. The fourth-order valence-corrected chi connectivity index (χ4v) is 2.84. The van der Waals surface area contributed by atoms with Crippen molar-refractivity contribution in [2.24, 2.45) is 0 Å². The molecule has 2 atom stereocenters. The number of nitrogens with one attached hydrogen (secondary N) is 1. The molecular weight excluding hydrogens is 380 g/mol. The van der Waals surface area contributed by atoms with Crippen molar-refractivity contribution in [2.45, 2.75) is 52.7 Å². The van der Waals surface area contributed by atoms with E-state index in [4.69, 9.17) is 9.47 Å². The first-order valence-corrected chi connectivity index (χ1v) is 10.3. The minimum Gasteiger partial charge on any atom is -0.497 e. The summed E-state index contributed by atoms with van der Waals surface area (Å²) in [6, 6.07) is 14.4. The van der Waals surface area contributed by atoms with Gasteiger partial charge >= 0.3 is 0 Å². The maximum atomic E-state index is 13.0. The van der Waals surface area contributed by atoms with E-state index in [-0.39, 0.29) is 24.5 Å². The van der Waals surface area contributed by atoms with Crippen LogP contribution >= 0.6 is 0 Å². The number of nitrogens with zero attached hydrogens (tertiary/aromatic N) is 1. The lowest BCUT2D eigenvalue weighted by atomic mass is 10.1. The quantitative estimate of drug-likeness (QED) is 0.646. The van der Waals surface area contributed by atoms with Gasteiger partial charge in [-0.1, -0.05) is 36.8 Å². The van der Waals surface area contributed by atoms with Gasteiger partial charge in [0, 0.05) is 12.6 Å². The molecule has 0 aliphatic heterocycles. The second-order valence-corrected chi connectivity index (χ2v) is 7.47. The first-order valence-electron chi connectivity index (χ1n) is 10.3. The topological polar surface area (TPSA) is 67.9 Å². The zero-order valence-electron chi connectivity index (χ0n) is 18.5. The molecule has 6 heteroatoms. The van der Waals surface area contributed by atoms with E-state index in [9.17, 15) is 9.59 Å². The molecule has 162 valence electrons. The van der Waals surface area contributed by atoms with Gasteiger partial charge in [-0.15, -0.1) is 0 Å². The Morgan fingerprint density at radius 1 is 1.00 bits per heavy atom. The van der Waals surface area contributed by atoms with Crippen LogP contribution in [0.25, 0.3) is 0 Å². The minimum absolute atomic E-state index is 0.0432. The highest BCUT2D eigenvalue weighted by Crippen LogP contribution is 2.16. The lowest BCUT2D eigenvalue weighted by Gasteiger charge is -2.29. The largest absolute Gasteiger partial charge is 0.497 e. The average Bonchev–Trinajstić information content (AvgIpc) is 2.76. The van der Waals surface area contributed by atoms with Crippen molar-refractivity contribution in [3.63, 3.8) is 0 Å². The van der Waals surface area contributed by atoms with Gasteiger partial charge in [0.05, 0.1) is 7.11 Å². The van der Waals surface area contributed by atoms with Crippen LogP contribution in [0.3, 0.4) is 0 Å². The van der Waals surface area contributed by atoms with Crippen molar-refractivity contribution in [1.29, 1.82) is 0 Å². The monoisotopic (exact) mass is 412 g/mol. The van der Waals surface area contributed by atoms with Gasteiger partial charge < -0.3 is 19.7 Å². The smallest absolute Gasteiger partial charge is 0.261 e. The summed E-state index contributed by atoms with van der Waals surface area (Å²) in [5.41, 5.74) is 2.02. The number of hydrogen-bond donors (Lipinski definition) is 1. The van der Waals surface area contributed by atoms with Gasteiger partial charge in [-0.25, -0.2) is 0 Å². The van der Waals surface area contributed by atoms with Crippen molar-refractivity contribution in [2.75, 3.05) is 13.7 Å². The van der Waals surface area contributed by atoms with Crippen molar-refractivity contribution < 1.29 is 19.1 Å². The molecule has 2 amide bonds.